The second-order valence-electron chi connectivity index (χ2n) is 3.82. The fourth-order valence-electron chi connectivity index (χ4n) is 1.42. The number of aromatic carboxylic acids is 1. The second-order valence-corrected chi connectivity index (χ2v) is 6.37. The molecule has 0 aliphatic carbocycles. The minimum absolute atomic E-state index is 0.155. The molecule has 0 spiro atoms. The summed E-state index contributed by atoms with van der Waals surface area (Å²) in [4.78, 5) is 10.6. The Morgan fingerprint density at radius 1 is 1.29 bits per heavy atom. The summed E-state index contributed by atoms with van der Waals surface area (Å²) in [6.45, 7) is -0.170. The van der Waals surface area contributed by atoms with E-state index in [1.165, 1.54) is 14.2 Å². The molecule has 1 rings (SSSR count). The summed E-state index contributed by atoms with van der Waals surface area (Å²) in [7, 11) is -1.35. The van der Waals surface area contributed by atoms with E-state index in [9.17, 15) is 13.2 Å². The van der Waals surface area contributed by atoms with Gasteiger partial charge in [-0.2, -0.15) is 0 Å². The van der Waals surface area contributed by atoms with Crippen LogP contribution in [0.5, 0.6) is 0 Å². The van der Waals surface area contributed by atoms with E-state index in [1.807, 2.05) is 0 Å². The maximum absolute atomic E-state index is 12.1. The number of hydrogen-bond donors (Lipinski definition) is 2. The third kappa shape index (κ3) is 4.53. The topological polar surface area (TPSA) is 102 Å². The fourth-order valence-corrected chi connectivity index (χ4v) is 3.29. The molecule has 0 fully saturated rings. The number of methoxy groups -OCH3 is 2. The quantitative estimate of drug-likeness (QED) is 0.718. The van der Waals surface area contributed by atoms with Crippen molar-refractivity contribution in [2.24, 2.45) is 0 Å². The van der Waals surface area contributed by atoms with E-state index >= 15 is 0 Å². The number of nitrogens with one attached hydrogen (secondary N) is 1. The average Bonchev–Trinajstić information content (AvgIpc) is 2.38. The number of halogens is 2. The number of ether oxygens (including phenoxy) is 2. The van der Waals surface area contributed by atoms with E-state index in [-0.39, 0.29) is 22.2 Å². The standard InChI is InChI=1S/C11H13Cl2NO6S/c1-19-10(20-2)5-14-21(17,18)9-3-6(11(15)16)7(12)4-8(9)13/h3-4,10,14H,5H2,1-2H3,(H,15,16). The number of carboxylic acid groups (broad SMARTS) is 1. The van der Waals surface area contributed by atoms with Crippen LogP contribution in [0.25, 0.3) is 0 Å². The van der Waals surface area contributed by atoms with E-state index in [1.54, 1.807) is 0 Å². The van der Waals surface area contributed by atoms with Crippen LogP contribution in [0.15, 0.2) is 17.0 Å². The third-order valence-corrected chi connectivity index (χ3v) is 4.71. The van der Waals surface area contributed by atoms with Crippen molar-refractivity contribution in [1.29, 1.82) is 0 Å². The molecule has 0 radical (unpaired) electrons. The molecule has 21 heavy (non-hydrogen) atoms. The molecular weight excluding hydrogens is 345 g/mol. The molecule has 0 aromatic heterocycles. The summed E-state index contributed by atoms with van der Waals surface area (Å²) >= 11 is 11.5. The summed E-state index contributed by atoms with van der Waals surface area (Å²) < 4.78 is 36.2. The van der Waals surface area contributed by atoms with Gasteiger partial charge < -0.3 is 14.6 Å². The molecule has 0 aliphatic rings. The largest absolute Gasteiger partial charge is 0.478 e. The molecule has 10 heteroatoms. The van der Waals surface area contributed by atoms with Gasteiger partial charge in [-0.25, -0.2) is 17.9 Å². The molecule has 0 saturated carbocycles. The molecule has 7 nitrogen and oxygen atoms in total. The maximum atomic E-state index is 12.1. The Hall–Kier alpha value is -0.900. The normalized spacial score (nSPS) is 11.9. The number of carbonyl (C=O) groups is 1. The van der Waals surface area contributed by atoms with Gasteiger partial charge in [0.25, 0.3) is 0 Å². The number of carboxylic acids is 1. The van der Waals surface area contributed by atoms with Gasteiger partial charge in [0.15, 0.2) is 6.29 Å². The zero-order chi connectivity index (χ0) is 16.2. The highest BCUT2D eigenvalue weighted by Crippen LogP contribution is 2.28. The Morgan fingerprint density at radius 2 is 1.86 bits per heavy atom. The van der Waals surface area contributed by atoms with Crippen LogP contribution >= 0.6 is 23.2 Å². The molecule has 1 aromatic carbocycles. The first-order valence-electron chi connectivity index (χ1n) is 5.50. The highest BCUT2D eigenvalue weighted by atomic mass is 35.5. The highest BCUT2D eigenvalue weighted by molar-refractivity contribution is 7.89. The predicted molar refractivity (Wildman–Crippen MR) is 76.4 cm³/mol. The van der Waals surface area contributed by atoms with Crippen LogP contribution < -0.4 is 4.72 Å². The Balaban J connectivity index is 3.13. The van der Waals surface area contributed by atoms with Crippen LogP contribution in [-0.4, -0.2) is 46.5 Å². The molecular formula is C11H13Cl2NO6S. The summed E-state index contributed by atoms with van der Waals surface area (Å²) in [5.74, 6) is -1.36. The minimum Gasteiger partial charge on any atom is -0.478 e. The first kappa shape index (κ1) is 18.1. The Bertz CT molecular complexity index is 630. The third-order valence-electron chi connectivity index (χ3n) is 2.51. The number of benzene rings is 1. The monoisotopic (exact) mass is 357 g/mol. The molecule has 0 amide bonds. The fraction of sp³-hybridized carbons (Fsp3) is 0.364. The van der Waals surface area contributed by atoms with E-state index in [0.29, 0.717) is 0 Å². The summed E-state index contributed by atoms with van der Waals surface area (Å²) in [5, 5.41) is 8.61. The smallest absolute Gasteiger partial charge is 0.337 e. The molecule has 0 atom stereocenters. The molecule has 1 aromatic rings. The predicted octanol–water partition coefficient (Wildman–Crippen LogP) is 1.59. The Labute approximate surface area is 131 Å². The maximum Gasteiger partial charge on any atom is 0.337 e. The van der Waals surface area contributed by atoms with Gasteiger partial charge in [-0.05, 0) is 12.1 Å². The first-order valence-corrected chi connectivity index (χ1v) is 7.74. The summed E-state index contributed by atoms with van der Waals surface area (Å²) in [6.07, 6.45) is -0.787. The van der Waals surface area contributed by atoms with Crippen LogP contribution in [0, 0.1) is 0 Å². The van der Waals surface area contributed by atoms with Crippen LogP contribution in [0.1, 0.15) is 10.4 Å². The van der Waals surface area contributed by atoms with Gasteiger partial charge in [-0.1, -0.05) is 23.2 Å². The lowest BCUT2D eigenvalue weighted by atomic mass is 10.2. The van der Waals surface area contributed by atoms with Crippen molar-refractivity contribution in [3.05, 3.63) is 27.7 Å². The zero-order valence-corrected chi connectivity index (χ0v) is 13.4. The van der Waals surface area contributed by atoms with Crippen molar-refractivity contribution in [3.8, 4) is 0 Å². The number of rotatable bonds is 7. The molecule has 0 saturated heterocycles. The number of sulfonamides is 1. The molecule has 118 valence electrons. The van der Waals surface area contributed by atoms with Gasteiger partial charge in [0.2, 0.25) is 10.0 Å². The van der Waals surface area contributed by atoms with Crippen molar-refractivity contribution in [2.45, 2.75) is 11.2 Å². The lowest BCUT2D eigenvalue weighted by Gasteiger charge is -2.15. The van der Waals surface area contributed by atoms with Crippen LogP contribution in [-0.2, 0) is 19.5 Å². The van der Waals surface area contributed by atoms with Crippen LogP contribution in [0.4, 0.5) is 0 Å². The van der Waals surface area contributed by atoms with Crippen LogP contribution in [0.3, 0.4) is 0 Å². The van der Waals surface area contributed by atoms with Crippen LogP contribution in [0.2, 0.25) is 10.0 Å². The lowest BCUT2D eigenvalue weighted by Crippen LogP contribution is -2.34. The van der Waals surface area contributed by atoms with E-state index in [2.05, 4.69) is 4.72 Å². The van der Waals surface area contributed by atoms with E-state index in [4.69, 9.17) is 37.8 Å². The van der Waals surface area contributed by atoms with Gasteiger partial charge in [0.1, 0.15) is 4.90 Å². The lowest BCUT2D eigenvalue weighted by molar-refractivity contribution is -0.0960. The van der Waals surface area contributed by atoms with Crippen molar-refractivity contribution >= 4 is 39.2 Å². The van der Waals surface area contributed by atoms with Gasteiger partial charge in [0, 0.05) is 14.2 Å². The van der Waals surface area contributed by atoms with Gasteiger partial charge in [-0.15, -0.1) is 0 Å². The van der Waals surface area contributed by atoms with Crippen molar-refractivity contribution in [1.82, 2.24) is 4.72 Å². The summed E-state index contributed by atoms with van der Waals surface area (Å²) in [5.41, 5.74) is -0.364. The van der Waals surface area contributed by atoms with Crippen molar-refractivity contribution < 1.29 is 27.8 Å². The number of hydrogen-bond acceptors (Lipinski definition) is 5. The Morgan fingerprint density at radius 3 is 2.33 bits per heavy atom. The second kappa shape index (κ2) is 7.39. The SMILES string of the molecule is COC(CNS(=O)(=O)c1cc(C(=O)O)c(Cl)cc1Cl)OC. The van der Waals surface area contributed by atoms with E-state index < -0.39 is 27.2 Å². The zero-order valence-electron chi connectivity index (χ0n) is 11.1. The minimum atomic E-state index is -4.04. The average molecular weight is 358 g/mol. The molecule has 0 unspecified atom stereocenters. The van der Waals surface area contributed by atoms with Gasteiger partial charge in [-0.3, -0.25) is 0 Å². The van der Waals surface area contributed by atoms with Gasteiger partial charge in [0.05, 0.1) is 22.2 Å². The summed E-state index contributed by atoms with van der Waals surface area (Å²) in [6, 6.07) is 1.95. The van der Waals surface area contributed by atoms with Crippen molar-refractivity contribution in [2.75, 3.05) is 20.8 Å². The molecule has 0 aliphatic heterocycles. The Kier molecular flexibility index (Phi) is 6.39. The van der Waals surface area contributed by atoms with E-state index in [0.717, 1.165) is 12.1 Å². The molecule has 2 N–H and O–H groups in total. The van der Waals surface area contributed by atoms with Crippen molar-refractivity contribution in [3.63, 3.8) is 0 Å². The molecule has 0 heterocycles. The van der Waals surface area contributed by atoms with Gasteiger partial charge >= 0.3 is 5.97 Å². The first-order chi connectivity index (χ1) is 9.72. The molecule has 0 bridgehead atoms. The highest BCUT2D eigenvalue weighted by Gasteiger charge is 2.23.